The van der Waals surface area contributed by atoms with E-state index in [2.05, 4.69) is 20.2 Å². The smallest absolute Gasteiger partial charge is 0.475 e. The molecule has 7 nitrogen and oxygen atoms in total. The fraction of sp³-hybridized carbons (Fsp3) is 0.706. The molecule has 1 N–H and O–H groups in total. The molecule has 0 aromatic carbocycles. The van der Waals surface area contributed by atoms with Crippen molar-refractivity contribution >= 4 is 23.2 Å². The highest BCUT2D eigenvalue weighted by molar-refractivity contribution is 7.09. The predicted molar refractivity (Wildman–Crippen MR) is 93.8 cm³/mol. The van der Waals surface area contributed by atoms with Gasteiger partial charge in [0.05, 0.1) is 23.9 Å². The second-order valence-electron chi connectivity index (χ2n) is 7.07. The monoisotopic (exact) mass is 421 g/mol. The Kier molecular flexibility index (Phi) is 6.25. The van der Waals surface area contributed by atoms with Crippen molar-refractivity contribution in [3.63, 3.8) is 0 Å². The lowest BCUT2D eigenvalue weighted by Crippen LogP contribution is -2.42. The van der Waals surface area contributed by atoms with E-state index in [9.17, 15) is 18.0 Å². The number of ether oxygens (including phenoxy) is 1. The average molecular weight is 421 g/mol. The van der Waals surface area contributed by atoms with Crippen molar-refractivity contribution in [3.05, 3.63) is 16.1 Å². The van der Waals surface area contributed by atoms with Crippen LogP contribution in [0.25, 0.3) is 0 Å². The number of carbonyl (C=O) groups excluding carboxylic acids is 1. The maximum Gasteiger partial charge on any atom is 0.490 e. The number of likely N-dealkylation sites (tertiary alicyclic amines) is 2. The molecule has 4 rings (SSSR count). The van der Waals surface area contributed by atoms with E-state index in [0.717, 1.165) is 43.3 Å². The van der Waals surface area contributed by atoms with Crippen molar-refractivity contribution in [1.82, 2.24) is 14.8 Å². The molecule has 3 fully saturated rings. The van der Waals surface area contributed by atoms with Gasteiger partial charge in [0.25, 0.3) is 0 Å². The van der Waals surface area contributed by atoms with Crippen LogP contribution in [0.3, 0.4) is 0 Å². The molecule has 156 valence electrons. The number of alkyl halides is 3. The normalized spacial score (nSPS) is 27.6. The molecule has 0 aliphatic carbocycles. The lowest BCUT2D eigenvalue weighted by Gasteiger charge is -2.28. The minimum Gasteiger partial charge on any atom is -0.475 e. The summed E-state index contributed by atoms with van der Waals surface area (Å²) in [4.78, 5) is 30.4. The number of amides is 1. The molecule has 3 aliphatic heterocycles. The number of aliphatic carboxylic acids is 1. The van der Waals surface area contributed by atoms with Crippen molar-refractivity contribution in [2.75, 3.05) is 19.8 Å². The maximum atomic E-state index is 12.4. The molecule has 4 heterocycles. The molecule has 3 atom stereocenters. The molecular weight excluding hydrogens is 399 g/mol. The number of hydrogen-bond acceptors (Lipinski definition) is 6. The summed E-state index contributed by atoms with van der Waals surface area (Å²) in [5.74, 6) is -2.47. The van der Waals surface area contributed by atoms with Crippen molar-refractivity contribution < 1.29 is 32.6 Å². The molecular formula is C17H22F3N3O4S. The van der Waals surface area contributed by atoms with Gasteiger partial charge in [-0.1, -0.05) is 0 Å². The van der Waals surface area contributed by atoms with E-state index in [-0.39, 0.29) is 0 Å². The molecule has 3 aliphatic rings. The Morgan fingerprint density at radius 3 is 2.64 bits per heavy atom. The predicted octanol–water partition coefficient (Wildman–Crippen LogP) is 2.05. The van der Waals surface area contributed by atoms with Crippen LogP contribution < -0.4 is 0 Å². The summed E-state index contributed by atoms with van der Waals surface area (Å²) in [5.41, 5.74) is 1.04. The van der Waals surface area contributed by atoms with Gasteiger partial charge in [-0.3, -0.25) is 9.69 Å². The van der Waals surface area contributed by atoms with Gasteiger partial charge in [0.1, 0.15) is 0 Å². The number of hydrogen-bond donors (Lipinski definition) is 1. The van der Waals surface area contributed by atoms with Gasteiger partial charge in [0.2, 0.25) is 5.91 Å². The Balaban J connectivity index is 0.000000279. The minimum absolute atomic E-state index is 0.291. The van der Waals surface area contributed by atoms with Crippen LogP contribution in [0.15, 0.2) is 5.38 Å². The zero-order valence-corrected chi connectivity index (χ0v) is 16.1. The summed E-state index contributed by atoms with van der Waals surface area (Å²) >= 11 is 1.66. The third kappa shape index (κ3) is 4.64. The molecule has 1 aromatic rings. The standard InChI is InChI=1S/C15H21N3O2S.C2HF3O2/c1-10-16-11(9-21-10)7-18-13-2-4-17(12-3-5-20-8-12)14(13)6-15(18)19;3-2(4,5)1(6)7/h9,12-14H,2-8H2,1H3;(H,6,7)/t12?,13-,14+;/m1./s1. The molecule has 1 unspecified atom stereocenters. The first kappa shape index (κ1) is 21.0. The Hall–Kier alpha value is -1.72. The molecule has 28 heavy (non-hydrogen) atoms. The topological polar surface area (TPSA) is 83.0 Å². The second kappa shape index (κ2) is 8.34. The summed E-state index contributed by atoms with van der Waals surface area (Å²) in [6.45, 7) is 5.50. The van der Waals surface area contributed by atoms with Gasteiger partial charge in [0.15, 0.2) is 0 Å². The quantitative estimate of drug-likeness (QED) is 0.805. The highest BCUT2D eigenvalue weighted by Crippen LogP contribution is 2.36. The van der Waals surface area contributed by atoms with Crippen LogP contribution in [-0.2, 0) is 20.9 Å². The van der Waals surface area contributed by atoms with Crippen molar-refractivity contribution in [2.24, 2.45) is 0 Å². The lowest BCUT2D eigenvalue weighted by atomic mass is 10.1. The Labute approximate surface area is 164 Å². The fourth-order valence-corrected chi connectivity index (χ4v) is 4.66. The van der Waals surface area contributed by atoms with Gasteiger partial charge >= 0.3 is 12.1 Å². The zero-order valence-electron chi connectivity index (χ0n) is 15.3. The summed E-state index contributed by atoms with van der Waals surface area (Å²) in [5, 5.41) is 10.3. The summed E-state index contributed by atoms with van der Waals surface area (Å²) < 4.78 is 37.3. The van der Waals surface area contributed by atoms with Crippen LogP contribution in [0.5, 0.6) is 0 Å². The third-order valence-electron chi connectivity index (χ3n) is 5.27. The average Bonchev–Trinajstić information content (AvgIpc) is 3.35. The van der Waals surface area contributed by atoms with Gasteiger partial charge in [0, 0.05) is 43.1 Å². The molecule has 0 saturated carbocycles. The van der Waals surface area contributed by atoms with Crippen molar-refractivity contribution in [1.29, 1.82) is 0 Å². The minimum atomic E-state index is -5.08. The number of aromatic nitrogens is 1. The number of fused-ring (bicyclic) bond motifs is 1. The largest absolute Gasteiger partial charge is 0.490 e. The molecule has 11 heteroatoms. The highest BCUT2D eigenvalue weighted by Gasteiger charge is 2.48. The first-order chi connectivity index (χ1) is 13.2. The van der Waals surface area contributed by atoms with Crippen LogP contribution in [0.1, 0.15) is 30.0 Å². The molecule has 1 aromatic heterocycles. The molecule has 3 saturated heterocycles. The van der Waals surface area contributed by atoms with Gasteiger partial charge in [-0.25, -0.2) is 9.78 Å². The summed E-state index contributed by atoms with van der Waals surface area (Å²) in [6, 6.07) is 1.29. The van der Waals surface area contributed by atoms with Gasteiger partial charge < -0.3 is 14.7 Å². The van der Waals surface area contributed by atoms with Crippen LogP contribution in [0, 0.1) is 6.92 Å². The fourth-order valence-electron chi connectivity index (χ4n) is 4.06. The number of halogens is 3. The van der Waals surface area contributed by atoms with E-state index in [1.165, 1.54) is 0 Å². The number of carbonyl (C=O) groups is 2. The van der Waals surface area contributed by atoms with E-state index in [4.69, 9.17) is 14.6 Å². The Morgan fingerprint density at radius 2 is 2.11 bits per heavy atom. The van der Waals surface area contributed by atoms with E-state index in [1.807, 2.05) is 6.92 Å². The summed E-state index contributed by atoms with van der Waals surface area (Å²) in [7, 11) is 0. The van der Waals surface area contributed by atoms with Crippen LogP contribution in [-0.4, -0.2) is 75.8 Å². The lowest BCUT2D eigenvalue weighted by molar-refractivity contribution is -0.192. The molecule has 0 bridgehead atoms. The van der Waals surface area contributed by atoms with Crippen LogP contribution in [0.4, 0.5) is 13.2 Å². The van der Waals surface area contributed by atoms with Crippen molar-refractivity contribution in [2.45, 2.75) is 57.0 Å². The second-order valence-corrected chi connectivity index (χ2v) is 8.13. The molecule has 0 radical (unpaired) electrons. The Morgan fingerprint density at radius 1 is 1.39 bits per heavy atom. The van der Waals surface area contributed by atoms with Crippen LogP contribution in [0.2, 0.25) is 0 Å². The number of thiazole rings is 1. The number of rotatable bonds is 3. The first-order valence-electron chi connectivity index (χ1n) is 9.01. The first-order valence-corrected chi connectivity index (χ1v) is 9.89. The van der Waals surface area contributed by atoms with E-state index in [0.29, 0.717) is 37.0 Å². The number of aryl methyl sites for hydroxylation is 1. The third-order valence-corrected chi connectivity index (χ3v) is 6.10. The van der Waals surface area contributed by atoms with E-state index in [1.54, 1.807) is 11.3 Å². The SMILES string of the molecule is Cc1nc(CN2C(=O)C[C@H]3[C@H]2CCN3C2CCOC2)cs1.O=C(O)C(F)(F)F. The van der Waals surface area contributed by atoms with Crippen molar-refractivity contribution in [3.8, 4) is 0 Å². The number of carboxylic acids is 1. The van der Waals surface area contributed by atoms with E-state index >= 15 is 0 Å². The zero-order chi connectivity index (χ0) is 20.5. The van der Waals surface area contributed by atoms with Gasteiger partial charge in [-0.2, -0.15) is 13.2 Å². The number of carboxylic acid groups (broad SMARTS) is 1. The number of nitrogens with zero attached hydrogens (tertiary/aromatic N) is 3. The summed E-state index contributed by atoms with van der Waals surface area (Å²) in [6.07, 6.45) is -2.21. The molecule has 0 spiro atoms. The maximum absolute atomic E-state index is 12.4. The van der Waals surface area contributed by atoms with Gasteiger partial charge in [-0.15, -0.1) is 11.3 Å². The van der Waals surface area contributed by atoms with E-state index < -0.39 is 12.1 Å². The molecule has 1 amide bonds. The van der Waals surface area contributed by atoms with Gasteiger partial charge in [-0.05, 0) is 19.8 Å². The van der Waals surface area contributed by atoms with Crippen LogP contribution >= 0.6 is 11.3 Å². The Bertz CT molecular complexity index is 721. The highest BCUT2D eigenvalue weighted by atomic mass is 32.1.